The fourth-order valence-electron chi connectivity index (χ4n) is 2.70. The Hall–Kier alpha value is -1.65. The molecule has 3 aromatic rings. The van der Waals surface area contributed by atoms with Crippen LogP contribution in [-0.2, 0) is 13.0 Å². The Kier molecular flexibility index (Phi) is 4.08. The fraction of sp³-hybridized carbons (Fsp3) is 0.235. The number of nitrogens with two attached hydrogens (primary N) is 1. The highest BCUT2D eigenvalue weighted by molar-refractivity contribution is 9.10. The number of halogens is 1. The average Bonchev–Trinajstić information content (AvgIpc) is 2.85. The molecule has 21 heavy (non-hydrogen) atoms. The van der Waals surface area contributed by atoms with E-state index in [9.17, 15) is 0 Å². The van der Waals surface area contributed by atoms with E-state index in [1.807, 2.05) is 30.3 Å². The van der Waals surface area contributed by atoms with E-state index in [-0.39, 0.29) is 6.04 Å². The summed E-state index contributed by atoms with van der Waals surface area (Å²) in [6.45, 7) is 3.00. The Balaban J connectivity index is 1.99. The van der Waals surface area contributed by atoms with E-state index in [2.05, 4.69) is 45.6 Å². The van der Waals surface area contributed by atoms with Gasteiger partial charge in [-0.3, -0.25) is 0 Å². The molecule has 0 amide bonds. The molecular weight excluding hydrogens is 326 g/mol. The van der Waals surface area contributed by atoms with Gasteiger partial charge in [-0.25, -0.2) is 4.98 Å². The summed E-state index contributed by atoms with van der Waals surface area (Å²) in [6, 6.07) is 16.4. The Labute approximate surface area is 132 Å². The van der Waals surface area contributed by atoms with Crippen molar-refractivity contribution in [3.8, 4) is 0 Å². The van der Waals surface area contributed by atoms with E-state index in [1.54, 1.807) is 0 Å². The van der Waals surface area contributed by atoms with Crippen molar-refractivity contribution in [2.75, 3.05) is 0 Å². The number of imidazole rings is 1. The number of aryl methyl sites for hydroxylation is 1. The minimum absolute atomic E-state index is 0.0986. The van der Waals surface area contributed by atoms with Crippen LogP contribution in [0.2, 0.25) is 0 Å². The van der Waals surface area contributed by atoms with Gasteiger partial charge in [0.2, 0.25) is 0 Å². The number of hydrogen-bond donors (Lipinski definition) is 1. The van der Waals surface area contributed by atoms with E-state index in [4.69, 9.17) is 10.7 Å². The molecular formula is C17H18BrN3. The molecule has 1 atom stereocenters. The molecule has 0 bridgehead atoms. The summed E-state index contributed by atoms with van der Waals surface area (Å²) in [5.41, 5.74) is 9.78. The number of aromatic nitrogens is 2. The van der Waals surface area contributed by atoms with Crippen LogP contribution in [0.15, 0.2) is 53.0 Å². The smallest absolute Gasteiger partial charge is 0.127 e. The van der Waals surface area contributed by atoms with Gasteiger partial charge in [-0.2, -0.15) is 0 Å². The highest BCUT2D eigenvalue weighted by Crippen LogP contribution is 2.24. The van der Waals surface area contributed by atoms with Crippen LogP contribution in [0, 0.1) is 0 Å². The van der Waals surface area contributed by atoms with Crippen molar-refractivity contribution in [2.45, 2.75) is 25.9 Å². The molecule has 0 aliphatic heterocycles. The van der Waals surface area contributed by atoms with Crippen LogP contribution in [0.3, 0.4) is 0 Å². The first kappa shape index (κ1) is 14.3. The number of hydrogen-bond acceptors (Lipinski definition) is 2. The van der Waals surface area contributed by atoms with Crippen molar-refractivity contribution < 1.29 is 0 Å². The summed E-state index contributed by atoms with van der Waals surface area (Å²) in [4.78, 5) is 4.75. The molecule has 1 heterocycles. The van der Waals surface area contributed by atoms with Crippen LogP contribution in [0.4, 0.5) is 0 Å². The maximum Gasteiger partial charge on any atom is 0.127 e. The van der Waals surface area contributed by atoms with Gasteiger partial charge in [-0.1, -0.05) is 46.3 Å². The SMILES string of the molecule is CCn1c(C(N)Cc2ccccc2)nc2cc(Br)ccc21. The first-order chi connectivity index (χ1) is 10.2. The third kappa shape index (κ3) is 2.87. The van der Waals surface area contributed by atoms with Crippen molar-refractivity contribution in [3.63, 3.8) is 0 Å². The third-order valence-electron chi connectivity index (χ3n) is 3.69. The fourth-order valence-corrected chi connectivity index (χ4v) is 3.05. The zero-order valence-corrected chi connectivity index (χ0v) is 13.5. The molecule has 1 unspecified atom stereocenters. The summed E-state index contributed by atoms with van der Waals surface area (Å²) in [6.07, 6.45) is 0.797. The summed E-state index contributed by atoms with van der Waals surface area (Å²) in [5.74, 6) is 0.953. The summed E-state index contributed by atoms with van der Waals surface area (Å²) >= 11 is 3.50. The van der Waals surface area contributed by atoms with Gasteiger partial charge in [0.25, 0.3) is 0 Å². The van der Waals surface area contributed by atoms with Crippen molar-refractivity contribution in [2.24, 2.45) is 5.73 Å². The van der Waals surface area contributed by atoms with Gasteiger partial charge in [0, 0.05) is 11.0 Å². The van der Waals surface area contributed by atoms with Gasteiger partial charge in [0.05, 0.1) is 17.1 Å². The van der Waals surface area contributed by atoms with E-state index in [1.165, 1.54) is 5.56 Å². The lowest BCUT2D eigenvalue weighted by molar-refractivity contribution is 0.609. The molecule has 3 rings (SSSR count). The zero-order valence-electron chi connectivity index (χ0n) is 12.0. The molecule has 0 aliphatic rings. The van der Waals surface area contributed by atoms with Gasteiger partial charge >= 0.3 is 0 Å². The lowest BCUT2D eigenvalue weighted by Gasteiger charge is -2.13. The van der Waals surface area contributed by atoms with E-state index in [0.29, 0.717) is 0 Å². The number of fused-ring (bicyclic) bond motifs is 1. The Morgan fingerprint density at radius 3 is 2.67 bits per heavy atom. The number of rotatable bonds is 4. The highest BCUT2D eigenvalue weighted by Gasteiger charge is 2.16. The standard InChI is InChI=1S/C17H18BrN3/c1-2-21-16-9-8-13(18)11-15(16)20-17(21)14(19)10-12-6-4-3-5-7-12/h3-9,11,14H,2,10,19H2,1H3. The van der Waals surface area contributed by atoms with Crippen molar-refractivity contribution in [1.29, 1.82) is 0 Å². The lowest BCUT2D eigenvalue weighted by Crippen LogP contribution is -2.18. The molecule has 0 aliphatic carbocycles. The largest absolute Gasteiger partial charge is 0.327 e. The van der Waals surface area contributed by atoms with E-state index < -0.39 is 0 Å². The van der Waals surface area contributed by atoms with Crippen LogP contribution < -0.4 is 5.73 Å². The van der Waals surface area contributed by atoms with E-state index >= 15 is 0 Å². The summed E-state index contributed by atoms with van der Waals surface area (Å²) < 4.78 is 3.24. The molecule has 0 spiro atoms. The molecule has 108 valence electrons. The summed E-state index contributed by atoms with van der Waals surface area (Å²) in [7, 11) is 0. The normalized spacial score (nSPS) is 12.7. The van der Waals surface area contributed by atoms with Crippen LogP contribution in [-0.4, -0.2) is 9.55 Å². The Bertz CT molecular complexity index is 749. The van der Waals surface area contributed by atoms with E-state index in [0.717, 1.165) is 34.3 Å². The van der Waals surface area contributed by atoms with Gasteiger partial charge in [0.1, 0.15) is 5.82 Å². The van der Waals surface area contributed by atoms with Crippen molar-refractivity contribution >= 4 is 27.0 Å². The second kappa shape index (κ2) is 6.00. The molecule has 0 radical (unpaired) electrons. The molecule has 0 fully saturated rings. The Morgan fingerprint density at radius 1 is 1.19 bits per heavy atom. The number of benzene rings is 2. The van der Waals surface area contributed by atoms with Crippen LogP contribution >= 0.6 is 15.9 Å². The minimum Gasteiger partial charge on any atom is -0.327 e. The zero-order chi connectivity index (χ0) is 14.8. The minimum atomic E-state index is -0.0986. The molecule has 4 heteroatoms. The van der Waals surface area contributed by atoms with Gasteiger partial charge in [-0.05, 0) is 37.1 Å². The van der Waals surface area contributed by atoms with Crippen LogP contribution in [0.5, 0.6) is 0 Å². The molecule has 0 saturated heterocycles. The van der Waals surface area contributed by atoms with Crippen LogP contribution in [0.1, 0.15) is 24.4 Å². The second-order valence-corrected chi connectivity index (χ2v) is 6.06. The monoisotopic (exact) mass is 343 g/mol. The molecule has 2 N–H and O–H groups in total. The summed E-state index contributed by atoms with van der Waals surface area (Å²) in [5, 5.41) is 0. The topological polar surface area (TPSA) is 43.8 Å². The maximum atomic E-state index is 6.41. The van der Waals surface area contributed by atoms with Gasteiger partial charge < -0.3 is 10.3 Å². The average molecular weight is 344 g/mol. The molecule has 1 aromatic heterocycles. The second-order valence-electron chi connectivity index (χ2n) is 5.14. The number of nitrogens with zero attached hydrogens (tertiary/aromatic N) is 2. The van der Waals surface area contributed by atoms with Crippen LogP contribution in [0.25, 0.3) is 11.0 Å². The predicted molar refractivity (Wildman–Crippen MR) is 90.2 cm³/mol. The lowest BCUT2D eigenvalue weighted by atomic mass is 10.1. The first-order valence-electron chi connectivity index (χ1n) is 7.14. The molecule has 3 nitrogen and oxygen atoms in total. The maximum absolute atomic E-state index is 6.41. The predicted octanol–water partition coefficient (Wildman–Crippen LogP) is 4.06. The molecule has 2 aromatic carbocycles. The van der Waals surface area contributed by atoms with Crippen molar-refractivity contribution in [3.05, 3.63) is 64.4 Å². The quantitative estimate of drug-likeness (QED) is 0.776. The first-order valence-corrected chi connectivity index (χ1v) is 7.93. The highest BCUT2D eigenvalue weighted by atomic mass is 79.9. The van der Waals surface area contributed by atoms with Crippen molar-refractivity contribution in [1.82, 2.24) is 9.55 Å². The third-order valence-corrected chi connectivity index (χ3v) is 4.18. The Morgan fingerprint density at radius 2 is 1.95 bits per heavy atom. The van der Waals surface area contributed by atoms with Gasteiger partial charge in [-0.15, -0.1) is 0 Å². The molecule has 0 saturated carbocycles. The van der Waals surface area contributed by atoms with Gasteiger partial charge in [0.15, 0.2) is 0 Å².